The summed E-state index contributed by atoms with van der Waals surface area (Å²) in [4.78, 5) is 10.3. The van der Waals surface area contributed by atoms with Gasteiger partial charge >= 0.3 is 5.97 Å². The van der Waals surface area contributed by atoms with E-state index >= 15 is 0 Å². The fourth-order valence-electron chi connectivity index (χ4n) is 1.23. The van der Waals surface area contributed by atoms with Gasteiger partial charge in [0.05, 0.1) is 5.69 Å². The summed E-state index contributed by atoms with van der Waals surface area (Å²) >= 11 is 0. The Morgan fingerprint density at radius 2 is 2.36 bits per heavy atom. The Bertz CT molecular complexity index is 296. The molecule has 0 unspecified atom stereocenters. The van der Waals surface area contributed by atoms with E-state index in [0.29, 0.717) is 0 Å². The highest BCUT2D eigenvalue weighted by Gasteiger charge is 2.03. The molecule has 1 aromatic rings. The fraction of sp³-hybridized carbons (Fsp3) is 0.667. The van der Waals surface area contributed by atoms with E-state index in [2.05, 4.69) is 17.2 Å². The highest BCUT2D eigenvalue weighted by atomic mass is 16.4. The average molecular weight is 197 g/mol. The third-order valence-corrected chi connectivity index (χ3v) is 1.92. The van der Waals surface area contributed by atoms with Crippen LogP contribution in [0.5, 0.6) is 0 Å². The molecule has 0 aliphatic heterocycles. The SMILES string of the molecule is CCCCCc1cn(CC(=O)O)nn1. The molecule has 78 valence electrons. The molecule has 1 rings (SSSR count). The zero-order chi connectivity index (χ0) is 10.4. The van der Waals surface area contributed by atoms with Crippen LogP contribution < -0.4 is 0 Å². The molecule has 1 aromatic heterocycles. The topological polar surface area (TPSA) is 68.0 Å². The predicted molar refractivity (Wildman–Crippen MR) is 50.9 cm³/mol. The minimum Gasteiger partial charge on any atom is -0.480 e. The van der Waals surface area contributed by atoms with Gasteiger partial charge in [0.25, 0.3) is 0 Å². The second-order valence-electron chi connectivity index (χ2n) is 3.26. The van der Waals surface area contributed by atoms with E-state index in [0.717, 1.165) is 18.5 Å². The molecule has 0 aromatic carbocycles. The Morgan fingerprint density at radius 3 is 3.00 bits per heavy atom. The van der Waals surface area contributed by atoms with E-state index < -0.39 is 5.97 Å². The maximum absolute atomic E-state index is 10.3. The lowest BCUT2D eigenvalue weighted by Gasteiger charge is -1.93. The molecule has 1 N–H and O–H groups in total. The zero-order valence-electron chi connectivity index (χ0n) is 8.31. The maximum Gasteiger partial charge on any atom is 0.325 e. The van der Waals surface area contributed by atoms with Crippen LogP contribution in [0.1, 0.15) is 31.9 Å². The Balaban J connectivity index is 2.38. The van der Waals surface area contributed by atoms with Crippen molar-refractivity contribution < 1.29 is 9.90 Å². The molecule has 0 spiro atoms. The van der Waals surface area contributed by atoms with E-state index in [1.54, 1.807) is 6.20 Å². The lowest BCUT2D eigenvalue weighted by molar-refractivity contribution is -0.137. The normalized spacial score (nSPS) is 10.4. The van der Waals surface area contributed by atoms with Crippen LogP contribution in [0.2, 0.25) is 0 Å². The van der Waals surface area contributed by atoms with Crippen molar-refractivity contribution in [2.24, 2.45) is 0 Å². The molecule has 0 bridgehead atoms. The number of aliphatic carboxylic acids is 1. The summed E-state index contributed by atoms with van der Waals surface area (Å²) in [6.07, 6.45) is 6.01. The van der Waals surface area contributed by atoms with Crippen LogP contribution in [0.25, 0.3) is 0 Å². The van der Waals surface area contributed by atoms with Crippen LogP contribution in [0, 0.1) is 0 Å². The third kappa shape index (κ3) is 3.55. The molecule has 1 heterocycles. The highest BCUT2D eigenvalue weighted by molar-refractivity contribution is 5.66. The maximum atomic E-state index is 10.3. The van der Waals surface area contributed by atoms with E-state index in [4.69, 9.17) is 5.11 Å². The number of carbonyl (C=O) groups is 1. The second-order valence-corrected chi connectivity index (χ2v) is 3.26. The van der Waals surface area contributed by atoms with Gasteiger partial charge in [0, 0.05) is 6.20 Å². The van der Waals surface area contributed by atoms with Crippen molar-refractivity contribution in [1.82, 2.24) is 15.0 Å². The van der Waals surface area contributed by atoms with Gasteiger partial charge in [-0.1, -0.05) is 25.0 Å². The molecule has 0 atom stereocenters. The van der Waals surface area contributed by atoms with Crippen LogP contribution in [0.4, 0.5) is 0 Å². The lowest BCUT2D eigenvalue weighted by Crippen LogP contribution is -2.08. The molecule has 5 heteroatoms. The fourth-order valence-corrected chi connectivity index (χ4v) is 1.23. The van der Waals surface area contributed by atoms with Gasteiger partial charge in [0.2, 0.25) is 0 Å². The summed E-state index contributed by atoms with van der Waals surface area (Å²) in [6, 6.07) is 0. The number of nitrogens with zero attached hydrogens (tertiary/aromatic N) is 3. The molecule has 5 nitrogen and oxygen atoms in total. The first-order valence-corrected chi connectivity index (χ1v) is 4.83. The Kier molecular flexibility index (Phi) is 4.10. The molecule has 0 saturated carbocycles. The van der Waals surface area contributed by atoms with Gasteiger partial charge in [-0.15, -0.1) is 5.10 Å². The minimum atomic E-state index is -0.894. The van der Waals surface area contributed by atoms with Crippen LogP contribution in [0.15, 0.2) is 6.20 Å². The number of carboxylic acid groups (broad SMARTS) is 1. The quantitative estimate of drug-likeness (QED) is 0.693. The highest BCUT2D eigenvalue weighted by Crippen LogP contribution is 2.02. The van der Waals surface area contributed by atoms with Gasteiger partial charge in [0.15, 0.2) is 0 Å². The van der Waals surface area contributed by atoms with Crippen molar-refractivity contribution in [3.63, 3.8) is 0 Å². The first-order valence-electron chi connectivity index (χ1n) is 4.83. The molecular weight excluding hydrogens is 182 g/mol. The Labute approximate surface area is 82.7 Å². The standard InChI is InChI=1S/C9H15N3O2/c1-2-3-4-5-8-6-12(11-10-8)7-9(13)14/h6H,2-5,7H2,1H3,(H,13,14). The van der Waals surface area contributed by atoms with Crippen molar-refractivity contribution in [2.45, 2.75) is 39.2 Å². The van der Waals surface area contributed by atoms with Gasteiger partial charge in [-0.25, -0.2) is 4.68 Å². The van der Waals surface area contributed by atoms with Crippen LogP contribution in [-0.2, 0) is 17.8 Å². The van der Waals surface area contributed by atoms with Crippen LogP contribution >= 0.6 is 0 Å². The number of rotatable bonds is 6. The van der Waals surface area contributed by atoms with Gasteiger partial charge in [0.1, 0.15) is 6.54 Å². The summed E-state index contributed by atoms with van der Waals surface area (Å²) in [7, 11) is 0. The van der Waals surface area contributed by atoms with Crippen LogP contribution in [0.3, 0.4) is 0 Å². The van der Waals surface area contributed by atoms with Crippen molar-refractivity contribution in [3.8, 4) is 0 Å². The van der Waals surface area contributed by atoms with Crippen molar-refractivity contribution in [2.75, 3.05) is 0 Å². The minimum absolute atomic E-state index is 0.110. The van der Waals surface area contributed by atoms with Crippen molar-refractivity contribution >= 4 is 5.97 Å². The van der Waals surface area contributed by atoms with Gasteiger partial charge < -0.3 is 5.11 Å². The lowest BCUT2D eigenvalue weighted by atomic mass is 10.2. The van der Waals surface area contributed by atoms with Crippen molar-refractivity contribution in [3.05, 3.63) is 11.9 Å². The second kappa shape index (κ2) is 5.36. The molecule has 0 amide bonds. The van der Waals surface area contributed by atoms with E-state index in [-0.39, 0.29) is 6.54 Å². The smallest absolute Gasteiger partial charge is 0.325 e. The van der Waals surface area contributed by atoms with Crippen molar-refractivity contribution in [1.29, 1.82) is 0 Å². The Morgan fingerprint density at radius 1 is 1.57 bits per heavy atom. The zero-order valence-corrected chi connectivity index (χ0v) is 8.31. The molecule has 0 radical (unpaired) electrons. The first-order chi connectivity index (χ1) is 6.72. The summed E-state index contributed by atoms with van der Waals surface area (Å²) < 4.78 is 1.35. The average Bonchev–Trinajstić information content (AvgIpc) is 2.52. The largest absolute Gasteiger partial charge is 0.480 e. The van der Waals surface area contributed by atoms with Gasteiger partial charge in [-0.05, 0) is 12.8 Å². The number of aromatic nitrogens is 3. The monoisotopic (exact) mass is 197 g/mol. The third-order valence-electron chi connectivity index (χ3n) is 1.92. The number of aryl methyl sites for hydroxylation is 1. The molecule has 14 heavy (non-hydrogen) atoms. The molecule has 0 saturated heterocycles. The summed E-state index contributed by atoms with van der Waals surface area (Å²) in [5.41, 5.74) is 0.875. The van der Waals surface area contributed by atoms with Gasteiger partial charge in [-0.3, -0.25) is 4.79 Å². The summed E-state index contributed by atoms with van der Waals surface area (Å²) in [5, 5.41) is 16.1. The number of carboxylic acids is 1. The number of hydrogen-bond donors (Lipinski definition) is 1. The Hall–Kier alpha value is -1.39. The van der Waals surface area contributed by atoms with Crippen LogP contribution in [-0.4, -0.2) is 26.1 Å². The summed E-state index contributed by atoms with van der Waals surface area (Å²) in [6.45, 7) is 2.03. The predicted octanol–water partition coefficient (Wildman–Crippen LogP) is 1.10. The van der Waals surface area contributed by atoms with Gasteiger partial charge in [-0.2, -0.15) is 0 Å². The molecule has 0 fully saturated rings. The molecule has 0 aliphatic carbocycles. The van der Waals surface area contributed by atoms with E-state index in [1.165, 1.54) is 17.5 Å². The number of hydrogen-bond acceptors (Lipinski definition) is 3. The summed E-state index contributed by atoms with van der Waals surface area (Å²) in [5.74, 6) is -0.894. The first kappa shape index (κ1) is 10.7. The van der Waals surface area contributed by atoms with E-state index in [9.17, 15) is 4.79 Å². The number of unbranched alkanes of at least 4 members (excludes halogenated alkanes) is 2. The van der Waals surface area contributed by atoms with E-state index in [1.807, 2.05) is 0 Å². The molecular formula is C9H15N3O2. The molecule has 0 aliphatic rings.